The highest BCUT2D eigenvalue weighted by atomic mass is 16.5. The minimum atomic E-state index is -0.110. The minimum Gasteiger partial charge on any atom is -0.368 e. The number of hydrogen-bond donors (Lipinski definition) is 2. The number of aromatic nitrogens is 2. The third-order valence-corrected chi connectivity index (χ3v) is 3.55. The summed E-state index contributed by atoms with van der Waals surface area (Å²) in [5.74, 6) is 0. The Kier molecular flexibility index (Phi) is 3.04. The van der Waals surface area contributed by atoms with Crippen LogP contribution in [-0.4, -0.2) is 27.4 Å². The van der Waals surface area contributed by atoms with E-state index in [9.17, 15) is 0 Å². The van der Waals surface area contributed by atoms with E-state index in [2.05, 4.69) is 43.2 Å². The average molecular weight is 237 g/mol. The van der Waals surface area contributed by atoms with E-state index < -0.39 is 0 Å². The second-order valence-electron chi connectivity index (χ2n) is 6.12. The molecule has 0 aromatic carbocycles. The van der Waals surface area contributed by atoms with Crippen molar-refractivity contribution in [2.45, 2.75) is 64.8 Å². The Morgan fingerprint density at radius 1 is 1.47 bits per heavy atom. The molecule has 2 N–H and O–H groups in total. The van der Waals surface area contributed by atoms with Crippen molar-refractivity contribution in [3.05, 3.63) is 17.5 Å². The van der Waals surface area contributed by atoms with Crippen molar-refractivity contribution in [3.63, 3.8) is 0 Å². The first-order chi connectivity index (χ1) is 7.80. The molecule has 4 heteroatoms. The van der Waals surface area contributed by atoms with E-state index in [0.717, 1.165) is 18.7 Å². The van der Waals surface area contributed by atoms with Crippen LogP contribution < -0.4 is 5.32 Å². The molecule has 1 fully saturated rings. The fourth-order valence-electron chi connectivity index (χ4n) is 2.67. The minimum absolute atomic E-state index is 0.0351. The first-order valence-electron chi connectivity index (χ1n) is 6.22. The van der Waals surface area contributed by atoms with Crippen LogP contribution in [0.5, 0.6) is 0 Å². The van der Waals surface area contributed by atoms with Crippen LogP contribution in [0, 0.1) is 6.92 Å². The van der Waals surface area contributed by atoms with Gasteiger partial charge >= 0.3 is 0 Å². The lowest BCUT2D eigenvalue weighted by atomic mass is 9.94. The van der Waals surface area contributed by atoms with Gasteiger partial charge in [0.25, 0.3) is 0 Å². The van der Waals surface area contributed by atoms with E-state index >= 15 is 0 Å². The zero-order chi connectivity index (χ0) is 12.7. The van der Waals surface area contributed by atoms with Crippen LogP contribution in [-0.2, 0) is 11.3 Å². The Morgan fingerprint density at radius 3 is 2.65 bits per heavy atom. The molecule has 1 aromatic heterocycles. The van der Waals surface area contributed by atoms with Gasteiger partial charge in [0.05, 0.1) is 17.4 Å². The van der Waals surface area contributed by atoms with Crippen molar-refractivity contribution in [2.75, 3.05) is 0 Å². The zero-order valence-electron chi connectivity index (χ0n) is 11.4. The van der Waals surface area contributed by atoms with Gasteiger partial charge in [0.1, 0.15) is 0 Å². The molecule has 0 spiro atoms. The maximum atomic E-state index is 6.06. The SMILES string of the molecule is Cc1[nH]ncc1CNC1CC(C)(C)OC1(C)C. The molecule has 17 heavy (non-hydrogen) atoms. The summed E-state index contributed by atoms with van der Waals surface area (Å²) in [5.41, 5.74) is 2.22. The van der Waals surface area contributed by atoms with Crippen LogP contribution in [0.1, 0.15) is 45.4 Å². The van der Waals surface area contributed by atoms with Gasteiger partial charge in [-0.15, -0.1) is 0 Å². The van der Waals surface area contributed by atoms with E-state index in [1.807, 2.05) is 13.1 Å². The topological polar surface area (TPSA) is 49.9 Å². The number of nitrogens with one attached hydrogen (secondary N) is 2. The number of aryl methyl sites for hydroxylation is 1. The summed E-state index contributed by atoms with van der Waals surface area (Å²) < 4.78 is 6.06. The molecule has 0 radical (unpaired) electrons. The highest BCUT2D eigenvalue weighted by Crippen LogP contribution is 2.37. The number of H-pyrrole nitrogens is 1. The van der Waals surface area contributed by atoms with Gasteiger partial charge in [-0.05, 0) is 41.0 Å². The van der Waals surface area contributed by atoms with Gasteiger partial charge in [-0.2, -0.15) is 5.10 Å². The highest BCUT2D eigenvalue weighted by Gasteiger charge is 2.45. The van der Waals surface area contributed by atoms with Gasteiger partial charge in [0.2, 0.25) is 0 Å². The van der Waals surface area contributed by atoms with Gasteiger partial charge in [0.15, 0.2) is 0 Å². The molecule has 1 unspecified atom stereocenters. The van der Waals surface area contributed by atoms with Crippen LogP contribution in [0.2, 0.25) is 0 Å². The lowest BCUT2D eigenvalue weighted by Crippen LogP contribution is -2.42. The number of ether oxygens (including phenoxy) is 1. The Labute approximate surface area is 103 Å². The van der Waals surface area contributed by atoms with Crippen LogP contribution >= 0.6 is 0 Å². The summed E-state index contributed by atoms with van der Waals surface area (Å²) in [6.07, 6.45) is 2.92. The van der Waals surface area contributed by atoms with Crippen molar-refractivity contribution in [3.8, 4) is 0 Å². The number of aromatic amines is 1. The first kappa shape index (κ1) is 12.6. The normalized spacial score (nSPS) is 26.3. The third-order valence-electron chi connectivity index (χ3n) is 3.55. The van der Waals surface area contributed by atoms with Crippen molar-refractivity contribution in [1.82, 2.24) is 15.5 Å². The lowest BCUT2D eigenvalue weighted by molar-refractivity contribution is -0.0699. The van der Waals surface area contributed by atoms with Crippen molar-refractivity contribution < 1.29 is 4.74 Å². The maximum Gasteiger partial charge on any atom is 0.0787 e. The number of rotatable bonds is 3. The Balaban J connectivity index is 1.98. The summed E-state index contributed by atoms with van der Waals surface area (Å²) in [5, 5.41) is 10.6. The molecular formula is C13H23N3O. The predicted molar refractivity (Wildman–Crippen MR) is 67.8 cm³/mol. The third kappa shape index (κ3) is 2.69. The number of nitrogens with zero attached hydrogens (tertiary/aromatic N) is 1. The van der Waals surface area contributed by atoms with Crippen LogP contribution in [0.25, 0.3) is 0 Å². The van der Waals surface area contributed by atoms with Gasteiger partial charge < -0.3 is 10.1 Å². The molecule has 96 valence electrons. The quantitative estimate of drug-likeness (QED) is 0.847. The summed E-state index contributed by atoms with van der Waals surface area (Å²) in [4.78, 5) is 0. The molecule has 2 heterocycles. The van der Waals surface area contributed by atoms with E-state index in [1.165, 1.54) is 5.56 Å². The molecule has 1 aliphatic rings. The van der Waals surface area contributed by atoms with Gasteiger partial charge in [-0.1, -0.05) is 0 Å². The molecule has 0 aliphatic carbocycles. The molecular weight excluding hydrogens is 214 g/mol. The van der Waals surface area contributed by atoms with Crippen LogP contribution in [0.3, 0.4) is 0 Å². The van der Waals surface area contributed by atoms with E-state index in [4.69, 9.17) is 4.74 Å². The molecule has 1 saturated heterocycles. The summed E-state index contributed by atoms with van der Waals surface area (Å²) in [6, 6.07) is 0.381. The molecule has 1 aliphatic heterocycles. The molecule has 4 nitrogen and oxygen atoms in total. The molecule has 0 saturated carbocycles. The van der Waals surface area contributed by atoms with Gasteiger partial charge in [0, 0.05) is 23.8 Å². The second kappa shape index (κ2) is 4.10. The average Bonchev–Trinajstić information content (AvgIpc) is 2.64. The smallest absolute Gasteiger partial charge is 0.0787 e. The van der Waals surface area contributed by atoms with E-state index in [0.29, 0.717) is 6.04 Å². The monoisotopic (exact) mass is 237 g/mol. The number of hydrogen-bond acceptors (Lipinski definition) is 3. The van der Waals surface area contributed by atoms with Crippen molar-refractivity contribution >= 4 is 0 Å². The Morgan fingerprint density at radius 2 is 2.18 bits per heavy atom. The highest BCUT2D eigenvalue weighted by molar-refractivity contribution is 5.14. The predicted octanol–water partition coefficient (Wildman–Crippen LogP) is 2.15. The molecule has 2 rings (SSSR count). The molecule has 1 atom stereocenters. The maximum absolute atomic E-state index is 6.06. The molecule has 0 amide bonds. The first-order valence-corrected chi connectivity index (χ1v) is 6.22. The Bertz CT molecular complexity index is 395. The summed E-state index contributed by atoms with van der Waals surface area (Å²) >= 11 is 0. The molecule has 1 aromatic rings. The lowest BCUT2D eigenvalue weighted by Gasteiger charge is -2.27. The van der Waals surface area contributed by atoms with Gasteiger partial charge in [-0.3, -0.25) is 5.10 Å². The summed E-state index contributed by atoms with van der Waals surface area (Å²) in [7, 11) is 0. The zero-order valence-corrected chi connectivity index (χ0v) is 11.4. The van der Waals surface area contributed by atoms with Crippen LogP contribution in [0.4, 0.5) is 0 Å². The fourth-order valence-corrected chi connectivity index (χ4v) is 2.67. The Hall–Kier alpha value is -0.870. The summed E-state index contributed by atoms with van der Waals surface area (Å²) in [6.45, 7) is 11.5. The van der Waals surface area contributed by atoms with Gasteiger partial charge in [-0.25, -0.2) is 0 Å². The fraction of sp³-hybridized carbons (Fsp3) is 0.769. The standard InChI is InChI=1S/C13H23N3O/c1-9-10(8-15-16-9)7-14-11-6-12(2,3)17-13(11,4)5/h8,11,14H,6-7H2,1-5H3,(H,15,16). The van der Waals surface area contributed by atoms with Crippen molar-refractivity contribution in [2.24, 2.45) is 0 Å². The van der Waals surface area contributed by atoms with Crippen molar-refractivity contribution in [1.29, 1.82) is 0 Å². The van der Waals surface area contributed by atoms with E-state index in [1.54, 1.807) is 0 Å². The largest absolute Gasteiger partial charge is 0.368 e. The second-order valence-corrected chi connectivity index (χ2v) is 6.12. The van der Waals surface area contributed by atoms with Crippen LogP contribution in [0.15, 0.2) is 6.20 Å². The van der Waals surface area contributed by atoms with E-state index in [-0.39, 0.29) is 11.2 Å². The molecule has 0 bridgehead atoms.